The molecular weight excluding hydrogens is 515 g/mol. The summed E-state index contributed by atoms with van der Waals surface area (Å²) in [5.41, 5.74) is -1.61. The SMILES string of the molecule is CCOC(=O)C(C)SC(=NC(=O)NC)c1cc(Oc2ccc(C(F)(F)F)cc2Cl)ccc1[N+](=O)[O-]. The van der Waals surface area contributed by atoms with Crippen molar-refractivity contribution in [2.45, 2.75) is 25.3 Å². The van der Waals surface area contributed by atoms with E-state index in [1.807, 2.05) is 0 Å². The number of hydrogen-bond acceptors (Lipinski definition) is 7. The van der Waals surface area contributed by atoms with Gasteiger partial charge in [-0.15, -0.1) is 0 Å². The zero-order valence-corrected chi connectivity index (χ0v) is 20.1. The molecule has 14 heteroatoms. The van der Waals surface area contributed by atoms with Gasteiger partial charge >= 0.3 is 18.2 Å². The van der Waals surface area contributed by atoms with Gasteiger partial charge in [-0.25, -0.2) is 4.79 Å². The number of amides is 2. The predicted octanol–water partition coefficient (Wildman–Crippen LogP) is 5.83. The number of carbonyl (C=O) groups is 2. The van der Waals surface area contributed by atoms with E-state index >= 15 is 0 Å². The Labute approximate surface area is 206 Å². The summed E-state index contributed by atoms with van der Waals surface area (Å²) >= 11 is 6.67. The Bertz CT molecular complexity index is 1160. The van der Waals surface area contributed by atoms with Crippen molar-refractivity contribution < 1.29 is 37.2 Å². The van der Waals surface area contributed by atoms with E-state index in [0.717, 1.165) is 30.0 Å². The molecule has 0 heterocycles. The van der Waals surface area contributed by atoms with E-state index in [0.29, 0.717) is 6.07 Å². The molecule has 35 heavy (non-hydrogen) atoms. The summed E-state index contributed by atoms with van der Waals surface area (Å²) in [6.07, 6.45) is -4.61. The number of hydrogen-bond donors (Lipinski definition) is 1. The first kappa shape index (κ1) is 27.9. The zero-order valence-electron chi connectivity index (χ0n) is 18.5. The van der Waals surface area contributed by atoms with Gasteiger partial charge in [-0.3, -0.25) is 14.9 Å². The van der Waals surface area contributed by atoms with Crippen LogP contribution in [-0.4, -0.2) is 40.9 Å². The van der Waals surface area contributed by atoms with E-state index in [1.54, 1.807) is 6.92 Å². The van der Waals surface area contributed by atoms with Crippen molar-refractivity contribution in [3.8, 4) is 11.5 Å². The second kappa shape index (κ2) is 11.9. The minimum atomic E-state index is -4.61. The summed E-state index contributed by atoms with van der Waals surface area (Å²) in [5, 5.41) is 12.5. The van der Waals surface area contributed by atoms with E-state index < -0.39 is 39.6 Å². The van der Waals surface area contributed by atoms with Crippen LogP contribution in [0.4, 0.5) is 23.7 Å². The van der Waals surface area contributed by atoms with Gasteiger partial charge in [-0.05, 0) is 44.2 Å². The van der Waals surface area contributed by atoms with Crippen LogP contribution in [0.5, 0.6) is 11.5 Å². The van der Waals surface area contributed by atoms with Crippen LogP contribution >= 0.6 is 23.4 Å². The monoisotopic (exact) mass is 533 g/mol. The van der Waals surface area contributed by atoms with Gasteiger partial charge in [0.25, 0.3) is 5.69 Å². The molecule has 0 aromatic heterocycles. The molecule has 188 valence electrons. The Morgan fingerprint density at radius 1 is 1.26 bits per heavy atom. The molecule has 0 bridgehead atoms. The fourth-order valence-corrected chi connectivity index (χ4v) is 3.71. The molecule has 1 atom stereocenters. The molecule has 2 aromatic carbocycles. The van der Waals surface area contributed by atoms with Crippen LogP contribution in [0.3, 0.4) is 0 Å². The minimum absolute atomic E-state index is 0.0405. The summed E-state index contributed by atoms with van der Waals surface area (Å²) in [7, 11) is 1.30. The van der Waals surface area contributed by atoms with Crippen LogP contribution < -0.4 is 10.1 Å². The molecule has 2 aromatic rings. The van der Waals surface area contributed by atoms with Crippen LogP contribution in [0.2, 0.25) is 5.02 Å². The van der Waals surface area contributed by atoms with Gasteiger partial charge in [-0.1, -0.05) is 23.4 Å². The molecule has 2 rings (SSSR count). The third-order valence-corrected chi connectivity index (χ3v) is 5.58. The average Bonchev–Trinajstić information content (AvgIpc) is 2.79. The molecule has 1 N–H and O–H groups in total. The molecule has 0 spiro atoms. The van der Waals surface area contributed by atoms with E-state index in [2.05, 4.69) is 10.3 Å². The minimum Gasteiger partial charge on any atom is -0.465 e. The van der Waals surface area contributed by atoms with Crippen molar-refractivity contribution in [2.24, 2.45) is 4.99 Å². The first-order valence-electron chi connectivity index (χ1n) is 9.84. The number of thioether (sulfide) groups is 1. The van der Waals surface area contributed by atoms with Crippen molar-refractivity contribution in [2.75, 3.05) is 13.7 Å². The highest BCUT2D eigenvalue weighted by Gasteiger charge is 2.31. The maximum absolute atomic E-state index is 12.9. The number of aliphatic imine (C=N–C) groups is 1. The van der Waals surface area contributed by atoms with E-state index in [9.17, 15) is 32.9 Å². The van der Waals surface area contributed by atoms with Crippen LogP contribution in [0.1, 0.15) is 25.0 Å². The van der Waals surface area contributed by atoms with Crippen LogP contribution in [0.25, 0.3) is 0 Å². The normalized spacial score (nSPS) is 12.6. The third-order valence-electron chi connectivity index (χ3n) is 4.21. The topological polar surface area (TPSA) is 120 Å². The Morgan fingerprint density at radius 2 is 1.94 bits per heavy atom. The number of urea groups is 1. The molecule has 0 aliphatic carbocycles. The maximum atomic E-state index is 12.9. The standard InChI is InChI=1S/C21H19ClF3N3O6S/c1-4-33-19(29)11(2)35-18(27-20(30)26-3)14-10-13(6-7-16(14)28(31)32)34-17-8-5-12(9-15(17)22)21(23,24)25/h5-11H,4H2,1-3H3,(H,26,30). The Hall–Kier alpha value is -3.32. The van der Waals surface area contributed by atoms with E-state index in [1.165, 1.54) is 26.1 Å². The van der Waals surface area contributed by atoms with Crippen molar-refractivity contribution in [3.63, 3.8) is 0 Å². The van der Waals surface area contributed by atoms with Gasteiger partial charge < -0.3 is 14.8 Å². The quantitative estimate of drug-likeness (QED) is 0.156. The highest BCUT2D eigenvalue weighted by Crippen LogP contribution is 2.38. The van der Waals surface area contributed by atoms with Gasteiger partial charge in [0.1, 0.15) is 21.8 Å². The van der Waals surface area contributed by atoms with Crippen molar-refractivity contribution in [1.29, 1.82) is 0 Å². The van der Waals surface area contributed by atoms with Gasteiger partial charge in [0, 0.05) is 13.1 Å². The number of carbonyl (C=O) groups excluding carboxylic acids is 2. The van der Waals surface area contributed by atoms with Crippen LogP contribution in [-0.2, 0) is 15.7 Å². The fourth-order valence-electron chi connectivity index (χ4n) is 2.57. The second-order valence-electron chi connectivity index (χ2n) is 6.67. The lowest BCUT2D eigenvalue weighted by Crippen LogP contribution is -2.21. The number of benzene rings is 2. The van der Waals surface area contributed by atoms with Crippen molar-refractivity contribution in [3.05, 3.63) is 62.7 Å². The fraction of sp³-hybridized carbons (Fsp3) is 0.286. The average molecular weight is 534 g/mol. The van der Waals surface area contributed by atoms with E-state index in [4.69, 9.17) is 21.1 Å². The molecule has 0 saturated heterocycles. The first-order valence-corrected chi connectivity index (χ1v) is 11.1. The Kier molecular flexibility index (Phi) is 9.48. The highest BCUT2D eigenvalue weighted by atomic mass is 35.5. The van der Waals surface area contributed by atoms with Crippen LogP contribution in [0, 0.1) is 10.1 Å². The highest BCUT2D eigenvalue weighted by molar-refractivity contribution is 8.15. The van der Waals surface area contributed by atoms with Gasteiger partial charge in [0.2, 0.25) is 0 Å². The first-order chi connectivity index (χ1) is 16.4. The number of nitrogens with one attached hydrogen (secondary N) is 1. The Morgan fingerprint density at radius 3 is 2.49 bits per heavy atom. The molecule has 0 radical (unpaired) electrons. The number of esters is 1. The summed E-state index contributed by atoms with van der Waals surface area (Å²) in [6.45, 7) is 3.17. The predicted molar refractivity (Wildman–Crippen MR) is 124 cm³/mol. The largest absolute Gasteiger partial charge is 0.465 e. The summed E-state index contributed by atoms with van der Waals surface area (Å²) in [6, 6.07) is 5.04. The smallest absolute Gasteiger partial charge is 0.416 e. The Balaban J connectivity index is 2.52. The summed E-state index contributed by atoms with van der Waals surface area (Å²) in [4.78, 5) is 38.7. The molecule has 0 fully saturated rings. The number of nitrogens with zero attached hydrogens (tertiary/aromatic N) is 2. The zero-order chi connectivity index (χ0) is 26.3. The third kappa shape index (κ3) is 7.59. The lowest BCUT2D eigenvalue weighted by molar-refractivity contribution is -0.385. The second-order valence-corrected chi connectivity index (χ2v) is 8.40. The molecule has 0 aliphatic heterocycles. The number of nitro groups is 1. The molecule has 0 saturated carbocycles. The number of alkyl halides is 3. The lowest BCUT2D eigenvalue weighted by atomic mass is 10.1. The van der Waals surface area contributed by atoms with Crippen LogP contribution in [0.15, 0.2) is 41.4 Å². The van der Waals surface area contributed by atoms with E-state index in [-0.39, 0.29) is 33.7 Å². The van der Waals surface area contributed by atoms with Gasteiger partial charge in [0.05, 0.1) is 27.7 Å². The summed E-state index contributed by atoms with van der Waals surface area (Å²) in [5.74, 6) is -0.813. The van der Waals surface area contributed by atoms with Crippen molar-refractivity contribution in [1.82, 2.24) is 5.32 Å². The molecular formula is C21H19ClF3N3O6S. The molecule has 9 nitrogen and oxygen atoms in total. The molecule has 1 unspecified atom stereocenters. The molecule has 2 amide bonds. The molecule has 0 aliphatic rings. The number of nitro benzene ring substituents is 1. The lowest BCUT2D eigenvalue weighted by Gasteiger charge is -2.14. The van der Waals surface area contributed by atoms with Crippen molar-refractivity contribution >= 4 is 46.1 Å². The maximum Gasteiger partial charge on any atom is 0.416 e. The van der Waals surface area contributed by atoms with Gasteiger partial charge in [0.15, 0.2) is 0 Å². The summed E-state index contributed by atoms with van der Waals surface area (Å²) < 4.78 is 49.1. The number of halogens is 4. The number of rotatable bonds is 7. The number of ether oxygens (including phenoxy) is 2. The van der Waals surface area contributed by atoms with Gasteiger partial charge in [-0.2, -0.15) is 18.2 Å².